The van der Waals surface area contributed by atoms with Gasteiger partial charge in [0.25, 0.3) is 5.91 Å². The van der Waals surface area contributed by atoms with Crippen molar-refractivity contribution in [2.24, 2.45) is 0 Å². The highest BCUT2D eigenvalue weighted by molar-refractivity contribution is 8.00. The number of thioether (sulfide) groups is 1. The minimum atomic E-state index is -1.06. The van der Waals surface area contributed by atoms with Crippen molar-refractivity contribution < 1.29 is 9.53 Å². The molecule has 7 heteroatoms. The van der Waals surface area contributed by atoms with Gasteiger partial charge in [0.15, 0.2) is 9.94 Å². The number of rotatable bonds is 6. The molecule has 0 saturated carbocycles. The predicted molar refractivity (Wildman–Crippen MR) is 114 cm³/mol. The largest absolute Gasteiger partial charge is 0.478 e. The highest BCUT2D eigenvalue weighted by Crippen LogP contribution is 2.37. The Labute approximate surface area is 171 Å². The van der Waals surface area contributed by atoms with Gasteiger partial charge in [-0.2, -0.15) is 0 Å². The van der Waals surface area contributed by atoms with Gasteiger partial charge in [0.1, 0.15) is 16.4 Å². The van der Waals surface area contributed by atoms with Crippen molar-refractivity contribution in [1.29, 1.82) is 0 Å². The van der Waals surface area contributed by atoms with Crippen LogP contribution in [0.3, 0.4) is 0 Å². The highest BCUT2D eigenvalue weighted by atomic mass is 35.5. The number of thiazole rings is 1. The van der Waals surface area contributed by atoms with Crippen LogP contribution in [0.15, 0.2) is 58.9 Å². The van der Waals surface area contributed by atoms with Crippen LogP contribution in [-0.2, 0) is 4.79 Å². The normalized spacial score (nSPS) is 11.3. The molecular weight excluding hydrogens is 400 g/mol. The van der Waals surface area contributed by atoms with Crippen LogP contribution < -0.4 is 10.1 Å². The van der Waals surface area contributed by atoms with Crippen LogP contribution in [0.5, 0.6) is 5.75 Å². The van der Waals surface area contributed by atoms with E-state index in [0.29, 0.717) is 15.8 Å². The van der Waals surface area contributed by atoms with Gasteiger partial charge in [-0.05, 0) is 44.4 Å². The minimum Gasteiger partial charge on any atom is -0.478 e. The fraction of sp³-hybridized carbons (Fsp3) is 0.200. The molecule has 0 spiro atoms. The lowest BCUT2D eigenvalue weighted by atomic mass is 10.1. The standard InChI is InChI=1S/C20H19ClN2O2S2/c1-20(2,25-15-11-9-14(21)10-12-15)18(24)23-17-16(22-19(26-3)27-17)13-7-5-4-6-8-13/h4-12H,1-3H3,(H,23,24). The summed E-state index contributed by atoms with van der Waals surface area (Å²) < 4.78 is 6.77. The maximum atomic E-state index is 12.9. The van der Waals surface area contributed by atoms with E-state index >= 15 is 0 Å². The molecule has 140 valence electrons. The van der Waals surface area contributed by atoms with E-state index in [2.05, 4.69) is 10.3 Å². The molecule has 1 amide bonds. The Kier molecular flexibility index (Phi) is 6.09. The average Bonchev–Trinajstić information content (AvgIpc) is 3.07. The lowest BCUT2D eigenvalue weighted by molar-refractivity contribution is -0.128. The van der Waals surface area contributed by atoms with Crippen molar-refractivity contribution in [3.8, 4) is 17.0 Å². The summed E-state index contributed by atoms with van der Waals surface area (Å²) in [6.07, 6.45) is 1.97. The number of ether oxygens (including phenoxy) is 1. The summed E-state index contributed by atoms with van der Waals surface area (Å²) in [6, 6.07) is 16.7. The summed E-state index contributed by atoms with van der Waals surface area (Å²) in [4.78, 5) is 17.5. The van der Waals surface area contributed by atoms with Crippen LogP contribution in [0.1, 0.15) is 13.8 Å². The van der Waals surface area contributed by atoms with E-state index in [-0.39, 0.29) is 5.91 Å². The first-order valence-corrected chi connectivity index (χ1v) is 10.7. The monoisotopic (exact) mass is 418 g/mol. The Balaban J connectivity index is 1.82. The summed E-state index contributed by atoms with van der Waals surface area (Å²) in [7, 11) is 0. The zero-order valence-electron chi connectivity index (χ0n) is 15.2. The zero-order valence-corrected chi connectivity index (χ0v) is 17.5. The Hall–Kier alpha value is -2.02. The van der Waals surface area contributed by atoms with Crippen molar-refractivity contribution in [2.45, 2.75) is 23.8 Å². The molecule has 0 radical (unpaired) electrons. The molecule has 0 atom stereocenters. The van der Waals surface area contributed by atoms with Crippen molar-refractivity contribution in [1.82, 2.24) is 4.98 Å². The molecule has 3 rings (SSSR count). The first-order chi connectivity index (χ1) is 12.9. The van der Waals surface area contributed by atoms with Crippen LogP contribution in [0, 0.1) is 0 Å². The molecule has 0 saturated heterocycles. The smallest absolute Gasteiger partial charge is 0.268 e. The van der Waals surface area contributed by atoms with Gasteiger partial charge in [0, 0.05) is 10.6 Å². The molecule has 2 aromatic carbocycles. The number of carbonyl (C=O) groups is 1. The minimum absolute atomic E-state index is 0.245. The fourth-order valence-electron chi connectivity index (χ4n) is 2.36. The molecule has 3 aromatic rings. The van der Waals surface area contributed by atoms with Gasteiger partial charge in [-0.15, -0.1) is 0 Å². The fourth-order valence-corrected chi connectivity index (χ4v) is 3.97. The molecule has 4 nitrogen and oxygen atoms in total. The molecule has 0 unspecified atom stereocenters. The zero-order chi connectivity index (χ0) is 19.4. The van der Waals surface area contributed by atoms with Crippen molar-refractivity contribution in [3.05, 3.63) is 59.6 Å². The van der Waals surface area contributed by atoms with Gasteiger partial charge in [-0.25, -0.2) is 4.98 Å². The number of anilines is 1. The lowest BCUT2D eigenvalue weighted by Gasteiger charge is -2.25. The van der Waals surface area contributed by atoms with E-state index in [4.69, 9.17) is 16.3 Å². The van der Waals surface area contributed by atoms with Crippen molar-refractivity contribution >= 4 is 45.6 Å². The van der Waals surface area contributed by atoms with Crippen LogP contribution in [-0.4, -0.2) is 22.7 Å². The number of hydrogen-bond donors (Lipinski definition) is 1. The summed E-state index contributed by atoms with van der Waals surface area (Å²) in [6.45, 7) is 3.46. The number of hydrogen-bond acceptors (Lipinski definition) is 5. The first kappa shape index (κ1) is 19.7. The van der Waals surface area contributed by atoms with Crippen molar-refractivity contribution in [2.75, 3.05) is 11.6 Å². The summed E-state index contributed by atoms with van der Waals surface area (Å²) in [5, 5.41) is 4.32. The molecule has 0 bridgehead atoms. The molecule has 1 N–H and O–H groups in total. The average molecular weight is 419 g/mol. The number of aromatic nitrogens is 1. The van der Waals surface area contributed by atoms with Crippen molar-refractivity contribution in [3.63, 3.8) is 0 Å². The molecule has 1 heterocycles. The molecular formula is C20H19ClN2O2S2. The van der Waals surface area contributed by atoms with E-state index in [1.807, 2.05) is 36.6 Å². The number of halogens is 1. The summed E-state index contributed by atoms with van der Waals surface area (Å²) in [5.41, 5.74) is 0.659. The summed E-state index contributed by atoms with van der Waals surface area (Å²) in [5.74, 6) is 0.336. The Morgan fingerprint density at radius 3 is 2.44 bits per heavy atom. The number of nitrogens with one attached hydrogen (secondary N) is 1. The van der Waals surface area contributed by atoms with E-state index in [1.54, 1.807) is 49.9 Å². The molecule has 1 aromatic heterocycles. The maximum absolute atomic E-state index is 12.9. The third-order valence-corrected chi connectivity index (χ3v) is 6.00. The van der Waals surface area contributed by atoms with Crippen LogP contribution in [0.25, 0.3) is 11.3 Å². The molecule has 0 aliphatic heterocycles. The number of carbonyl (C=O) groups excluding carboxylic acids is 1. The SMILES string of the molecule is CSc1nc(-c2ccccc2)c(NC(=O)C(C)(C)Oc2ccc(Cl)cc2)s1. The Morgan fingerprint density at radius 1 is 1.15 bits per heavy atom. The molecule has 27 heavy (non-hydrogen) atoms. The highest BCUT2D eigenvalue weighted by Gasteiger charge is 2.31. The van der Waals surface area contributed by atoms with Crippen LogP contribution >= 0.6 is 34.7 Å². The second kappa shape index (κ2) is 8.33. The van der Waals surface area contributed by atoms with E-state index in [1.165, 1.54) is 11.3 Å². The molecule has 0 fully saturated rings. The van der Waals surface area contributed by atoms with Gasteiger partial charge < -0.3 is 10.1 Å². The van der Waals surface area contributed by atoms with Gasteiger partial charge in [0.05, 0.1) is 0 Å². The maximum Gasteiger partial charge on any atom is 0.268 e. The van der Waals surface area contributed by atoms with E-state index in [9.17, 15) is 4.79 Å². The van der Waals surface area contributed by atoms with E-state index < -0.39 is 5.60 Å². The second-order valence-corrected chi connectivity index (χ2v) is 8.74. The second-order valence-electron chi connectivity index (χ2n) is 6.25. The van der Waals surface area contributed by atoms with Gasteiger partial charge >= 0.3 is 0 Å². The topological polar surface area (TPSA) is 51.2 Å². The van der Waals surface area contributed by atoms with Gasteiger partial charge in [0.2, 0.25) is 0 Å². The van der Waals surface area contributed by atoms with Gasteiger partial charge in [-0.1, -0.05) is 65.0 Å². The quantitative estimate of drug-likeness (QED) is 0.500. The first-order valence-electron chi connectivity index (χ1n) is 8.25. The van der Waals surface area contributed by atoms with Crippen LogP contribution in [0.2, 0.25) is 5.02 Å². The third-order valence-electron chi connectivity index (χ3n) is 3.79. The van der Waals surface area contributed by atoms with E-state index in [0.717, 1.165) is 15.6 Å². The number of benzene rings is 2. The predicted octanol–water partition coefficient (Wildman–Crippen LogP) is 5.98. The molecule has 0 aliphatic rings. The van der Waals surface area contributed by atoms with Gasteiger partial charge in [-0.3, -0.25) is 4.79 Å². The number of amides is 1. The summed E-state index contributed by atoms with van der Waals surface area (Å²) >= 11 is 8.91. The van der Waals surface area contributed by atoms with Crippen LogP contribution in [0.4, 0.5) is 5.00 Å². The Bertz CT molecular complexity index is 925. The number of nitrogens with zero attached hydrogens (tertiary/aromatic N) is 1. The third kappa shape index (κ3) is 4.83. The Morgan fingerprint density at radius 2 is 1.81 bits per heavy atom. The lowest BCUT2D eigenvalue weighted by Crippen LogP contribution is -2.42. The molecule has 0 aliphatic carbocycles.